The predicted octanol–water partition coefficient (Wildman–Crippen LogP) is 4.55. The molecule has 0 saturated carbocycles. The second-order valence-electron chi connectivity index (χ2n) is 5.06. The van der Waals surface area contributed by atoms with E-state index in [-0.39, 0.29) is 6.04 Å². The maximum absolute atomic E-state index is 11.1. The van der Waals surface area contributed by atoms with E-state index in [0.717, 1.165) is 32.2 Å². The summed E-state index contributed by atoms with van der Waals surface area (Å²) < 4.78 is 0. The summed E-state index contributed by atoms with van der Waals surface area (Å²) in [5.74, 6) is 0. The van der Waals surface area contributed by atoms with Gasteiger partial charge in [0.2, 0.25) is 6.41 Å². The van der Waals surface area contributed by atoms with E-state index in [9.17, 15) is 4.79 Å². The highest BCUT2D eigenvalue weighted by Crippen LogP contribution is 2.11. The Morgan fingerprint density at radius 3 is 2.17 bits per heavy atom. The minimum absolute atomic E-state index is 0.234. The first-order valence-corrected chi connectivity index (χ1v) is 7.63. The highest BCUT2D eigenvalue weighted by atomic mass is 16.1. The summed E-state index contributed by atoms with van der Waals surface area (Å²) in [5, 5.41) is 0. The van der Waals surface area contributed by atoms with Gasteiger partial charge in [0.1, 0.15) is 0 Å². The number of nitrogens with zero attached hydrogens (tertiary/aromatic N) is 1. The minimum Gasteiger partial charge on any atom is -0.339 e. The van der Waals surface area contributed by atoms with Crippen LogP contribution in [0.25, 0.3) is 0 Å². The quantitative estimate of drug-likeness (QED) is 0.268. The summed E-state index contributed by atoms with van der Waals surface area (Å²) in [5.41, 5.74) is 0. The Labute approximate surface area is 113 Å². The van der Waals surface area contributed by atoms with Gasteiger partial charge in [0.25, 0.3) is 0 Å². The molecule has 2 heteroatoms. The highest BCUT2D eigenvalue weighted by molar-refractivity contribution is 5.48. The minimum atomic E-state index is 0.234. The SMILES string of the molecule is C=CC(CCCC)N(C=O)CCCCCCCC. The number of hydrogen-bond acceptors (Lipinski definition) is 1. The molecule has 0 aliphatic carbocycles. The van der Waals surface area contributed by atoms with Crippen LogP contribution in [0.4, 0.5) is 0 Å². The largest absolute Gasteiger partial charge is 0.339 e. The van der Waals surface area contributed by atoms with Crippen molar-refractivity contribution < 1.29 is 4.79 Å². The van der Waals surface area contributed by atoms with Crippen molar-refractivity contribution in [2.24, 2.45) is 0 Å². The number of carbonyl (C=O) groups is 1. The Kier molecular flexibility index (Phi) is 12.1. The number of carbonyl (C=O) groups excluding carboxylic acids is 1. The molecule has 0 aliphatic rings. The number of unbranched alkanes of at least 4 members (excludes halogenated alkanes) is 6. The standard InChI is InChI=1S/C16H31NO/c1-4-7-9-10-11-12-14-17(15-18)16(6-3)13-8-5-2/h6,15-16H,3-5,7-14H2,1-2H3. The van der Waals surface area contributed by atoms with Crippen LogP contribution in [0.3, 0.4) is 0 Å². The Morgan fingerprint density at radius 1 is 1.00 bits per heavy atom. The van der Waals surface area contributed by atoms with Crippen molar-refractivity contribution in [1.82, 2.24) is 4.90 Å². The molecule has 1 atom stereocenters. The maximum atomic E-state index is 11.1. The number of amides is 1. The lowest BCUT2D eigenvalue weighted by Crippen LogP contribution is -2.33. The van der Waals surface area contributed by atoms with Gasteiger partial charge in [-0.05, 0) is 12.8 Å². The Balaban J connectivity index is 3.78. The Morgan fingerprint density at radius 2 is 1.61 bits per heavy atom. The van der Waals surface area contributed by atoms with Gasteiger partial charge in [0.15, 0.2) is 0 Å². The summed E-state index contributed by atoms with van der Waals surface area (Å²) in [7, 11) is 0. The van der Waals surface area contributed by atoms with Crippen LogP contribution in [0.2, 0.25) is 0 Å². The topological polar surface area (TPSA) is 20.3 Å². The van der Waals surface area contributed by atoms with Gasteiger partial charge in [-0.2, -0.15) is 0 Å². The van der Waals surface area contributed by atoms with E-state index in [1.54, 1.807) is 0 Å². The average molecular weight is 253 g/mol. The molecule has 0 heterocycles. The molecule has 1 amide bonds. The van der Waals surface area contributed by atoms with E-state index >= 15 is 0 Å². The highest BCUT2D eigenvalue weighted by Gasteiger charge is 2.11. The van der Waals surface area contributed by atoms with Gasteiger partial charge < -0.3 is 4.90 Å². The fourth-order valence-electron chi connectivity index (χ4n) is 2.20. The van der Waals surface area contributed by atoms with E-state index in [2.05, 4.69) is 20.4 Å². The second-order valence-corrected chi connectivity index (χ2v) is 5.06. The summed E-state index contributed by atoms with van der Waals surface area (Å²) in [6.45, 7) is 9.15. The summed E-state index contributed by atoms with van der Waals surface area (Å²) in [4.78, 5) is 13.0. The first-order valence-electron chi connectivity index (χ1n) is 7.63. The number of hydrogen-bond donors (Lipinski definition) is 0. The molecule has 0 aromatic heterocycles. The van der Waals surface area contributed by atoms with E-state index in [1.807, 2.05) is 11.0 Å². The second kappa shape index (κ2) is 12.7. The maximum Gasteiger partial charge on any atom is 0.210 e. The molecular formula is C16H31NO. The van der Waals surface area contributed by atoms with Crippen molar-refractivity contribution in [2.45, 2.75) is 77.7 Å². The van der Waals surface area contributed by atoms with Crippen LogP contribution in [0, 0.1) is 0 Å². The molecule has 0 aromatic rings. The average Bonchev–Trinajstić information content (AvgIpc) is 2.40. The van der Waals surface area contributed by atoms with Crippen LogP contribution in [0.15, 0.2) is 12.7 Å². The third kappa shape index (κ3) is 8.32. The summed E-state index contributed by atoms with van der Waals surface area (Å²) in [6, 6.07) is 0.234. The van der Waals surface area contributed by atoms with Gasteiger partial charge in [0.05, 0.1) is 0 Å². The fourth-order valence-corrected chi connectivity index (χ4v) is 2.20. The van der Waals surface area contributed by atoms with Gasteiger partial charge in [-0.3, -0.25) is 4.79 Å². The zero-order valence-electron chi connectivity index (χ0n) is 12.4. The molecule has 18 heavy (non-hydrogen) atoms. The molecule has 0 aromatic carbocycles. The van der Waals surface area contributed by atoms with Crippen molar-refractivity contribution in [3.05, 3.63) is 12.7 Å². The molecule has 0 rings (SSSR count). The first kappa shape index (κ1) is 17.2. The van der Waals surface area contributed by atoms with Gasteiger partial charge in [0, 0.05) is 12.6 Å². The van der Waals surface area contributed by atoms with Gasteiger partial charge in [-0.1, -0.05) is 64.9 Å². The van der Waals surface area contributed by atoms with Gasteiger partial charge in [-0.15, -0.1) is 6.58 Å². The molecule has 106 valence electrons. The van der Waals surface area contributed by atoms with E-state index in [4.69, 9.17) is 0 Å². The molecule has 0 bridgehead atoms. The van der Waals surface area contributed by atoms with E-state index in [1.165, 1.54) is 38.5 Å². The predicted molar refractivity (Wildman–Crippen MR) is 79.7 cm³/mol. The van der Waals surface area contributed by atoms with Crippen LogP contribution in [-0.4, -0.2) is 23.9 Å². The molecule has 0 N–H and O–H groups in total. The van der Waals surface area contributed by atoms with Crippen LogP contribution < -0.4 is 0 Å². The molecule has 0 radical (unpaired) electrons. The van der Waals surface area contributed by atoms with Crippen LogP contribution >= 0.6 is 0 Å². The Bertz CT molecular complexity index is 203. The van der Waals surface area contributed by atoms with Crippen LogP contribution in [-0.2, 0) is 4.79 Å². The lowest BCUT2D eigenvalue weighted by Gasteiger charge is -2.25. The Hall–Kier alpha value is -0.790. The third-order valence-electron chi connectivity index (χ3n) is 3.46. The van der Waals surface area contributed by atoms with Crippen molar-refractivity contribution in [1.29, 1.82) is 0 Å². The van der Waals surface area contributed by atoms with Crippen LogP contribution in [0.1, 0.15) is 71.6 Å². The van der Waals surface area contributed by atoms with Crippen LogP contribution in [0.5, 0.6) is 0 Å². The lowest BCUT2D eigenvalue weighted by atomic mass is 10.1. The number of rotatable bonds is 13. The first-order chi connectivity index (χ1) is 8.79. The van der Waals surface area contributed by atoms with Crippen molar-refractivity contribution in [3.63, 3.8) is 0 Å². The fraction of sp³-hybridized carbons (Fsp3) is 0.812. The molecule has 0 aliphatic heterocycles. The molecule has 1 unspecified atom stereocenters. The van der Waals surface area contributed by atoms with E-state index in [0.29, 0.717) is 0 Å². The van der Waals surface area contributed by atoms with Gasteiger partial charge >= 0.3 is 0 Å². The zero-order valence-corrected chi connectivity index (χ0v) is 12.4. The van der Waals surface area contributed by atoms with Crippen molar-refractivity contribution in [3.8, 4) is 0 Å². The smallest absolute Gasteiger partial charge is 0.210 e. The summed E-state index contributed by atoms with van der Waals surface area (Å²) >= 11 is 0. The molecule has 0 saturated heterocycles. The van der Waals surface area contributed by atoms with Gasteiger partial charge in [-0.25, -0.2) is 0 Å². The molecule has 2 nitrogen and oxygen atoms in total. The molecule has 0 spiro atoms. The van der Waals surface area contributed by atoms with Crippen molar-refractivity contribution in [2.75, 3.05) is 6.54 Å². The molecular weight excluding hydrogens is 222 g/mol. The van der Waals surface area contributed by atoms with E-state index < -0.39 is 0 Å². The monoisotopic (exact) mass is 253 g/mol. The van der Waals surface area contributed by atoms with Crippen molar-refractivity contribution >= 4 is 6.41 Å². The molecule has 0 fully saturated rings. The normalized spacial score (nSPS) is 12.1. The zero-order chi connectivity index (χ0) is 13.6. The summed E-state index contributed by atoms with van der Waals surface area (Å²) in [6.07, 6.45) is 13.9. The lowest BCUT2D eigenvalue weighted by molar-refractivity contribution is -0.119. The third-order valence-corrected chi connectivity index (χ3v) is 3.46.